The van der Waals surface area contributed by atoms with E-state index in [1.807, 2.05) is 12.5 Å². The van der Waals surface area contributed by atoms with Gasteiger partial charge in [-0.1, -0.05) is 45.3 Å². The molecule has 4 aliphatic carbocycles. The molecular formula is C24H38O. The van der Waals surface area contributed by atoms with E-state index in [-0.39, 0.29) is 6.10 Å². The molecule has 0 aromatic carbocycles. The van der Waals surface area contributed by atoms with Gasteiger partial charge >= 0.3 is 0 Å². The van der Waals surface area contributed by atoms with Gasteiger partial charge in [-0.15, -0.1) is 0 Å². The molecule has 2 unspecified atom stereocenters. The molecule has 140 valence electrons. The second kappa shape index (κ2) is 6.25. The van der Waals surface area contributed by atoms with Crippen molar-refractivity contribution in [3.05, 3.63) is 22.8 Å². The first-order valence-corrected chi connectivity index (χ1v) is 11.0. The molecule has 1 fully saturated rings. The summed E-state index contributed by atoms with van der Waals surface area (Å²) in [6.45, 7) is 9.49. The Morgan fingerprint density at radius 3 is 2.64 bits per heavy atom. The summed E-state index contributed by atoms with van der Waals surface area (Å²) in [7, 11) is 0. The zero-order valence-electron chi connectivity index (χ0n) is 16.9. The third-order valence-corrected chi connectivity index (χ3v) is 8.83. The summed E-state index contributed by atoms with van der Waals surface area (Å²) in [6, 6.07) is 0. The standard InChI is InChI=1S/C24H38O/c1-16(15-17(2)25)20-10-11-21-19-9-8-18-7-5-6-13-23(18,3)22(19)12-14-24(20,21)4/h11,16-18,20,25H,5-10,12-15H2,1-4H3/t16-,17?,18?,20-,23+,24-/m1/s1. The van der Waals surface area contributed by atoms with Gasteiger partial charge in [0.2, 0.25) is 0 Å². The van der Waals surface area contributed by atoms with E-state index in [0.717, 1.165) is 18.3 Å². The first-order chi connectivity index (χ1) is 11.9. The van der Waals surface area contributed by atoms with E-state index in [4.69, 9.17) is 0 Å². The summed E-state index contributed by atoms with van der Waals surface area (Å²) >= 11 is 0. The van der Waals surface area contributed by atoms with Crippen molar-refractivity contribution in [1.29, 1.82) is 0 Å². The number of allylic oxidation sites excluding steroid dienone is 4. The summed E-state index contributed by atoms with van der Waals surface area (Å²) in [5, 5.41) is 9.89. The number of rotatable bonds is 3. The molecule has 25 heavy (non-hydrogen) atoms. The van der Waals surface area contributed by atoms with Crippen molar-refractivity contribution in [2.75, 3.05) is 0 Å². The molecule has 0 saturated heterocycles. The van der Waals surface area contributed by atoms with Crippen molar-refractivity contribution in [2.45, 2.75) is 98.0 Å². The molecule has 1 N–H and O–H groups in total. The average molecular weight is 343 g/mol. The lowest BCUT2D eigenvalue weighted by Gasteiger charge is -2.53. The molecule has 0 aliphatic heterocycles. The van der Waals surface area contributed by atoms with Crippen LogP contribution in [0.1, 0.15) is 91.9 Å². The van der Waals surface area contributed by atoms with E-state index >= 15 is 0 Å². The summed E-state index contributed by atoms with van der Waals surface area (Å²) in [5.41, 5.74) is 6.28. The molecular weight excluding hydrogens is 304 g/mol. The lowest BCUT2D eigenvalue weighted by atomic mass is 9.52. The molecule has 1 nitrogen and oxygen atoms in total. The van der Waals surface area contributed by atoms with Gasteiger partial charge in [0.15, 0.2) is 0 Å². The molecule has 0 amide bonds. The highest BCUT2D eigenvalue weighted by Gasteiger charge is 2.52. The van der Waals surface area contributed by atoms with Crippen LogP contribution in [-0.4, -0.2) is 11.2 Å². The Morgan fingerprint density at radius 1 is 1.08 bits per heavy atom. The molecule has 6 atom stereocenters. The zero-order chi connectivity index (χ0) is 17.8. The number of hydrogen-bond donors (Lipinski definition) is 1. The molecule has 0 spiro atoms. The topological polar surface area (TPSA) is 20.2 Å². The van der Waals surface area contributed by atoms with Crippen LogP contribution in [0, 0.1) is 28.6 Å². The van der Waals surface area contributed by atoms with Crippen LogP contribution >= 0.6 is 0 Å². The smallest absolute Gasteiger partial charge is 0.0514 e. The van der Waals surface area contributed by atoms with Crippen LogP contribution in [0.2, 0.25) is 0 Å². The number of hydrogen-bond acceptors (Lipinski definition) is 1. The van der Waals surface area contributed by atoms with E-state index in [0.29, 0.717) is 16.7 Å². The molecule has 0 aromatic heterocycles. The van der Waals surface area contributed by atoms with Crippen LogP contribution < -0.4 is 0 Å². The van der Waals surface area contributed by atoms with Crippen molar-refractivity contribution < 1.29 is 5.11 Å². The van der Waals surface area contributed by atoms with Crippen molar-refractivity contribution in [3.8, 4) is 0 Å². The molecule has 0 heterocycles. The van der Waals surface area contributed by atoms with E-state index in [1.54, 1.807) is 11.1 Å². The Morgan fingerprint density at radius 2 is 1.88 bits per heavy atom. The Hall–Kier alpha value is -0.560. The van der Waals surface area contributed by atoms with Crippen molar-refractivity contribution in [3.63, 3.8) is 0 Å². The van der Waals surface area contributed by atoms with Gasteiger partial charge in [-0.25, -0.2) is 0 Å². The minimum atomic E-state index is -0.169. The van der Waals surface area contributed by atoms with Crippen LogP contribution in [0.25, 0.3) is 0 Å². The van der Waals surface area contributed by atoms with Crippen LogP contribution in [0.5, 0.6) is 0 Å². The van der Waals surface area contributed by atoms with Gasteiger partial charge in [-0.3, -0.25) is 0 Å². The Bertz CT molecular complexity index is 597. The molecule has 0 radical (unpaired) electrons. The fourth-order valence-electron chi connectivity index (χ4n) is 7.49. The molecule has 1 saturated carbocycles. The first-order valence-electron chi connectivity index (χ1n) is 11.0. The maximum absolute atomic E-state index is 9.89. The monoisotopic (exact) mass is 342 g/mol. The number of fused-ring (bicyclic) bond motifs is 4. The minimum Gasteiger partial charge on any atom is -0.393 e. The lowest BCUT2D eigenvalue weighted by molar-refractivity contribution is 0.0904. The summed E-state index contributed by atoms with van der Waals surface area (Å²) in [4.78, 5) is 0. The fourth-order valence-corrected chi connectivity index (χ4v) is 7.49. The normalized spacial score (nSPS) is 43.0. The molecule has 4 rings (SSSR count). The highest BCUT2D eigenvalue weighted by atomic mass is 16.3. The number of aliphatic hydroxyl groups excluding tert-OH is 1. The minimum absolute atomic E-state index is 0.169. The SMILES string of the molecule is CC(O)C[C@@H](C)[C@H]1CC=C2C3=C(CC[C@@]21C)[C@@]1(C)CCCCC1CC3. The highest BCUT2D eigenvalue weighted by molar-refractivity contribution is 5.49. The molecule has 1 heteroatoms. The molecule has 0 aromatic rings. The molecule has 0 bridgehead atoms. The third kappa shape index (κ3) is 2.68. The van der Waals surface area contributed by atoms with E-state index in [1.165, 1.54) is 57.8 Å². The predicted octanol–water partition coefficient (Wildman–Crippen LogP) is 6.43. The average Bonchev–Trinajstić information content (AvgIpc) is 2.91. The van der Waals surface area contributed by atoms with Gasteiger partial charge in [0.25, 0.3) is 0 Å². The van der Waals surface area contributed by atoms with Crippen LogP contribution in [0.15, 0.2) is 22.8 Å². The van der Waals surface area contributed by atoms with Gasteiger partial charge in [0.05, 0.1) is 6.10 Å². The summed E-state index contributed by atoms with van der Waals surface area (Å²) in [6.07, 6.45) is 15.9. The maximum Gasteiger partial charge on any atom is 0.0514 e. The van der Waals surface area contributed by atoms with Gasteiger partial charge in [0.1, 0.15) is 0 Å². The number of aliphatic hydroxyl groups is 1. The lowest BCUT2D eigenvalue weighted by Crippen LogP contribution is -2.42. The predicted molar refractivity (Wildman–Crippen MR) is 105 cm³/mol. The largest absolute Gasteiger partial charge is 0.393 e. The van der Waals surface area contributed by atoms with Crippen LogP contribution in [0.3, 0.4) is 0 Å². The maximum atomic E-state index is 9.89. The molecule has 4 aliphatic rings. The summed E-state index contributed by atoms with van der Waals surface area (Å²) in [5.74, 6) is 2.29. The Balaban J connectivity index is 1.65. The van der Waals surface area contributed by atoms with Crippen molar-refractivity contribution >= 4 is 0 Å². The quantitative estimate of drug-likeness (QED) is 0.627. The van der Waals surface area contributed by atoms with Gasteiger partial charge in [-0.2, -0.15) is 0 Å². The van der Waals surface area contributed by atoms with Gasteiger partial charge in [0, 0.05) is 0 Å². The van der Waals surface area contributed by atoms with E-state index in [9.17, 15) is 5.11 Å². The second-order valence-electron chi connectivity index (χ2n) is 10.3. The highest BCUT2D eigenvalue weighted by Crippen LogP contribution is 2.64. The first kappa shape index (κ1) is 17.8. The van der Waals surface area contributed by atoms with E-state index < -0.39 is 0 Å². The Kier molecular flexibility index (Phi) is 4.46. The van der Waals surface area contributed by atoms with Crippen LogP contribution in [0.4, 0.5) is 0 Å². The van der Waals surface area contributed by atoms with Crippen LogP contribution in [-0.2, 0) is 0 Å². The van der Waals surface area contributed by atoms with Crippen molar-refractivity contribution in [1.82, 2.24) is 0 Å². The fraction of sp³-hybridized carbons (Fsp3) is 0.833. The second-order valence-corrected chi connectivity index (χ2v) is 10.3. The Labute approximate surface area is 155 Å². The third-order valence-electron chi connectivity index (χ3n) is 8.83. The van der Waals surface area contributed by atoms with Gasteiger partial charge in [-0.05, 0) is 98.0 Å². The summed E-state index contributed by atoms with van der Waals surface area (Å²) < 4.78 is 0. The zero-order valence-corrected chi connectivity index (χ0v) is 16.9. The van der Waals surface area contributed by atoms with Gasteiger partial charge < -0.3 is 5.11 Å². The van der Waals surface area contributed by atoms with Crippen molar-refractivity contribution in [2.24, 2.45) is 28.6 Å². The van der Waals surface area contributed by atoms with E-state index in [2.05, 4.69) is 26.8 Å².